The van der Waals surface area contributed by atoms with Crippen LogP contribution in [0.5, 0.6) is 5.75 Å². The fourth-order valence-corrected chi connectivity index (χ4v) is 3.92. The lowest BCUT2D eigenvalue weighted by Crippen LogP contribution is -2.49. The molecule has 1 aliphatic carbocycles. The van der Waals surface area contributed by atoms with E-state index in [1.807, 2.05) is 0 Å². The van der Waals surface area contributed by atoms with E-state index < -0.39 is 0 Å². The maximum absolute atomic E-state index is 5.31. The molecule has 0 spiro atoms. The van der Waals surface area contributed by atoms with Crippen molar-refractivity contribution in [2.45, 2.75) is 57.0 Å². The number of hydrogen-bond acceptors (Lipinski definition) is 3. The number of piperidine rings is 1. The molecule has 1 aromatic rings. The molecule has 2 fully saturated rings. The van der Waals surface area contributed by atoms with Crippen LogP contribution in [0.15, 0.2) is 24.3 Å². The lowest BCUT2D eigenvalue weighted by atomic mass is 9.91. The van der Waals surface area contributed by atoms with Gasteiger partial charge in [0.05, 0.1) is 7.11 Å². The zero-order chi connectivity index (χ0) is 14.5. The molecule has 0 radical (unpaired) electrons. The zero-order valence-electron chi connectivity index (χ0n) is 13.2. The molecule has 21 heavy (non-hydrogen) atoms. The summed E-state index contributed by atoms with van der Waals surface area (Å²) in [6.07, 6.45) is 9.45. The number of ether oxygens (including phenoxy) is 1. The molecule has 1 aromatic carbocycles. The van der Waals surface area contributed by atoms with Crippen molar-refractivity contribution < 1.29 is 4.74 Å². The predicted octanol–water partition coefficient (Wildman–Crippen LogP) is 3.59. The van der Waals surface area contributed by atoms with Gasteiger partial charge >= 0.3 is 0 Å². The largest absolute Gasteiger partial charge is 0.497 e. The second kappa shape index (κ2) is 7.17. The minimum atomic E-state index is 0.697. The van der Waals surface area contributed by atoms with Crippen LogP contribution in [0.1, 0.15) is 44.9 Å². The Kier molecular flexibility index (Phi) is 5.02. The maximum atomic E-state index is 5.31. The number of hydrogen-bond donors (Lipinski definition) is 1. The molecule has 3 heteroatoms. The Balaban J connectivity index is 1.82. The average molecular weight is 288 g/mol. The molecule has 0 atom stereocenters. The molecule has 2 aliphatic rings. The molecular weight excluding hydrogens is 260 g/mol. The molecule has 1 heterocycles. The van der Waals surface area contributed by atoms with E-state index in [-0.39, 0.29) is 0 Å². The van der Waals surface area contributed by atoms with Crippen molar-refractivity contribution >= 4 is 5.69 Å². The lowest BCUT2D eigenvalue weighted by molar-refractivity contribution is 0.347. The minimum Gasteiger partial charge on any atom is -0.497 e. The first kappa shape index (κ1) is 14.7. The quantitative estimate of drug-likeness (QED) is 0.916. The third kappa shape index (κ3) is 3.52. The Hall–Kier alpha value is -1.22. The van der Waals surface area contributed by atoms with E-state index >= 15 is 0 Å². The van der Waals surface area contributed by atoms with Gasteiger partial charge in [-0.1, -0.05) is 19.3 Å². The second-order valence-electron chi connectivity index (χ2n) is 6.38. The smallest absolute Gasteiger partial charge is 0.119 e. The Morgan fingerprint density at radius 2 is 1.52 bits per heavy atom. The Labute approximate surface area is 128 Å². The van der Waals surface area contributed by atoms with E-state index in [1.165, 1.54) is 50.6 Å². The Bertz CT molecular complexity index is 401. The van der Waals surface area contributed by atoms with E-state index in [1.54, 1.807) is 7.11 Å². The third-order valence-electron chi connectivity index (χ3n) is 5.04. The molecule has 0 aromatic heterocycles. The van der Waals surface area contributed by atoms with Gasteiger partial charge in [0.15, 0.2) is 0 Å². The van der Waals surface area contributed by atoms with E-state index in [2.05, 4.69) is 34.5 Å². The van der Waals surface area contributed by atoms with Crippen LogP contribution in [-0.2, 0) is 0 Å². The number of nitrogens with one attached hydrogen (secondary N) is 1. The average Bonchev–Trinajstić information content (AvgIpc) is 2.58. The molecule has 1 saturated heterocycles. The van der Waals surface area contributed by atoms with Gasteiger partial charge in [0, 0.05) is 17.8 Å². The van der Waals surface area contributed by atoms with Gasteiger partial charge in [-0.3, -0.25) is 0 Å². The van der Waals surface area contributed by atoms with E-state index in [0.717, 1.165) is 24.9 Å². The highest BCUT2D eigenvalue weighted by Crippen LogP contribution is 2.32. The summed E-state index contributed by atoms with van der Waals surface area (Å²) in [7, 11) is 1.74. The monoisotopic (exact) mass is 288 g/mol. The lowest BCUT2D eigenvalue weighted by Gasteiger charge is -2.43. The summed E-state index contributed by atoms with van der Waals surface area (Å²) in [5.41, 5.74) is 1.38. The summed E-state index contributed by atoms with van der Waals surface area (Å²) in [6.45, 7) is 2.31. The van der Waals surface area contributed by atoms with Crippen LogP contribution in [-0.4, -0.2) is 32.3 Å². The second-order valence-corrected chi connectivity index (χ2v) is 6.38. The normalized spacial score (nSPS) is 21.2. The Morgan fingerprint density at radius 3 is 2.14 bits per heavy atom. The summed E-state index contributed by atoms with van der Waals surface area (Å²) < 4.78 is 5.31. The van der Waals surface area contributed by atoms with E-state index in [0.29, 0.717) is 6.04 Å². The number of benzene rings is 1. The van der Waals surface area contributed by atoms with Gasteiger partial charge < -0.3 is 15.0 Å². The van der Waals surface area contributed by atoms with Crippen molar-refractivity contribution in [3.8, 4) is 5.75 Å². The molecule has 0 bridgehead atoms. The van der Waals surface area contributed by atoms with E-state index in [4.69, 9.17) is 4.74 Å². The van der Waals surface area contributed by atoms with Crippen molar-refractivity contribution in [3.05, 3.63) is 24.3 Å². The van der Waals surface area contributed by atoms with Crippen molar-refractivity contribution in [3.63, 3.8) is 0 Å². The maximum Gasteiger partial charge on any atom is 0.119 e. The van der Waals surface area contributed by atoms with Crippen LogP contribution in [0.2, 0.25) is 0 Å². The standard InChI is InChI=1S/C18H28N2O/c1-21-18-9-7-16(8-10-18)20(15-5-3-2-4-6-15)17-11-13-19-14-12-17/h7-10,15,17,19H,2-6,11-14H2,1H3. The van der Waals surface area contributed by atoms with Gasteiger partial charge in [-0.25, -0.2) is 0 Å². The first-order chi connectivity index (χ1) is 10.4. The molecule has 0 amide bonds. The first-order valence-electron chi connectivity index (χ1n) is 8.51. The fourth-order valence-electron chi connectivity index (χ4n) is 3.92. The molecule has 3 nitrogen and oxygen atoms in total. The number of rotatable bonds is 4. The van der Waals surface area contributed by atoms with Gasteiger partial charge in [0.1, 0.15) is 5.75 Å². The first-order valence-corrected chi connectivity index (χ1v) is 8.51. The topological polar surface area (TPSA) is 24.5 Å². The van der Waals surface area contributed by atoms with Gasteiger partial charge in [-0.2, -0.15) is 0 Å². The van der Waals surface area contributed by atoms with Crippen molar-refractivity contribution in [1.82, 2.24) is 5.32 Å². The number of nitrogens with zero attached hydrogens (tertiary/aromatic N) is 1. The van der Waals surface area contributed by atoms with Gasteiger partial charge in [0.2, 0.25) is 0 Å². The van der Waals surface area contributed by atoms with Gasteiger partial charge in [0.25, 0.3) is 0 Å². The van der Waals surface area contributed by atoms with Crippen LogP contribution >= 0.6 is 0 Å². The molecular formula is C18H28N2O. The van der Waals surface area contributed by atoms with E-state index in [9.17, 15) is 0 Å². The van der Waals surface area contributed by atoms with Crippen LogP contribution in [0, 0.1) is 0 Å². The third-order valence-corrected chi connectivity index (χ3v) is 5.04. The summed E-state index contributed by atoms with van der Waals surface area (Å²) in [4.78, 5) is 2.74. The van der Waals surface area contributed by atoms with Crippen molar-refractivity contribution in [2.75, 3.05) is 25.1 Å². The Morgan fingerprint density at radius 1 is 0.905 bits per heavy atom. The summed E-state index contributed by atoms with van der Waals surface area (Å²) >= 11 is 0. The number of methoxy groups -OCH3 is 1. The van der Waals surface area contributed by atoms with Crippen LogP contribution in [0.3, 0.4) is 0 Å². The molecule has 3 rings (SSSR count). The van der Waals surface area contributed by atoms with Gasteiger partial charge in [-0.05, 0) is 63.0 Å². The summed E-state index contributed by atoms with van der Waals surface area (Å²) in [5.74, 6) is 0.952. The van der Waals surface area contributed by atoms with Crippen LogP contribution in [0.25, 0.3) is 0 Å². The van der Waals surface area contributed by atoms with Crippen LogP contribution in [0.4, 0.5) is 5.69 Å². The molecule has 1 aliphatic heterocycles. The fraction of sp³-hybridized carbons (Fsp3) is 0.667. The molecule has 116 valence electrons. The molecule has 1 saturated carbocycles. The zero-order valence-corrected chi connectivity index (χ0v) is 13.2. The minimum absolute atomic E-state index is 0.697. The highest BCUT2D eigenvalue weighted by atomic mass is 16.5. The SMILES string of the molecule is COc1ccc(N(C2CCCCC2)C2CCNCC2)cc1. The van der Waals surface area contributed by atoms with Crippen molar-refractivity contribution in [2.24, 2.45) is 0 Å². The summed E-state index contributed by atoms with van der Waals surface area (Å²) in [6, 6.07) is 10.1. The molecule has 1 N–H and O–H groups in total. The molecule has 0 unspecified atom stereocenters. The van der Waals surface area contributed by atoms with Crippen LogP contribution < -0.4 is 15.0 Å². The van der Waals surface area contributed by atoms with Gasteiger partial charge in [-0.15, -0.1) is 0 Å². The summed E-state index contributed by atoms with van der Waals surface area (Å²) in [5, 5.41) is 3.50. The predicted molar refractivity (Wildman–Crippen MR) is 88.2 cm³/mol. The van der Waals surface area contributed by atoms with Crippen molar-refractivity contribution in [1.29, 1.82) is 0 Å². The number of anilines is 1. The highest BCUT2D eigenvalue weighted by molar-refractivity contribution is 5.51. The highest BCUT2D eigenvalue weighted by Gasteiger charge is 2.28.